The third kappa shape index (κ3) is 6.98. The predicted octanol–water partition coefficient (Wildman–Crippen LogP) is 3.26. The SMILES string of the molecule is CC(C)(C#N)CCCCNCCOC1CCCC1. The van der Waals surface area contributed by atoms with Crippen LogP contribution < -0.4 is 5.32 Å². The van der Waals surface area contributed by atoms with Gasteiger partial charge >= 0.3 is 0 Å². The highest BCUT2D eigenvalue weighted by Gasteiger charge is 2.15. The van der Waals surface area contributed by atoms with Gasteiger partial charge in [0.1, 0.15) is 0 Å². The fourth-order valence-electron chi connectivity index (χ4n) is 2.35. The summed E-state index contributed by atoms with van der Waals surface area (Å²) in [6.45, 7) is 6.85. The van der Waals surface area contributed by atoms with Crippen molar-refractivity contribution in [2.75, 3.05) is 19.7 Å². The predicted molar refractivity (Wildman–Crippen MR) is 74.3 cm³/mol. The van der Waals surface area contributed by atoms with Gasteiger partial charge in [-0.3, -0.25) is 0 Å². The fourth-order valence-corrected chi connectivity index (χ4v) is 2.35. The van der Waals surface area contributed by atoms with Gasteiger partial charge in [-0.1, -0.05) is 19.3 Å². The van der Waals surface area contributed by atoms with Crippen LogP contribution in [0.1, 0.15) is 58.8 Å². The smallest absolute Gasteiger partial charge is 0.0683 e. The summed E-state index contributed by atoms with van der Waals surface area (Å²) >= 11 is 0. The van der Waals surface area contributed by atoms with Crippen molar-refractivity contribution in [3.05, 3.63) is 0 Å². The minimum absolute atomic E-state index is 0.161. The van der Waals surface area contributed by atoms with Crippen molar-refractivity contribution in [2.24, 2.45) is 5.41 Å². The van der Waals surface area contributed by atoms with Crippen molar-refractivity contribution in [3.8, 4) is 6.07 Å². The Morgan fingerprint density at radius 1 is 1.22 bits per heavy atom. The van der Waals surface area contributed by atoms with Gasteiger partial charge in [0.15, 0.2) is 0 Å². The van der Waals surface area contributed by atoms with E-state index in [1.807, 2.05) is 13.8 Å². The van der Waals surface area contributed by atoms with Crippen LogP contribution in [-0.2, 0) is 4.74 Å². The molecule has 1 aliphatic rings. The summed E-state index contributed by atoms with van der Waals surface area (Å²) in [5, 5.41) is 12.3. The Morgan fingerprint density at radius 2 is 1.94 bits per heavy atom. The number of hydrogen-bond donors (Lipinski definition) is 1. The lowest BCUT2D eigenvalue weighted by Crippen LogP contribution is -2.23. The van der Waals surface area contributed by atoms with Crippen LogP contribution in [0.5, 0.6) is 0 Å². The number of unbranched alkanes of at least 4 members (excludes halogenated alkanes) is 1. The van der Waals surface area contributed by atoms with Gasteiger partial charge in [-0.25, -0.2) is 0 Å². The van der Waals surface area contributed by atoms with Gasteiger partial charge in [0.2, 0.25) is 0 Å². The molecule has 0 amide bonds. The molecule has 104 valence electrons. The molecule has 1 saturated carbocycles. The second kappa shape index (κ2) is 8.50. The second-order valence-corrected chi connectivity index (χ2v) is 5.98. The molecule has 1 fully saturated rings. The van der Waals surface area contributed by atoms with E-state index in [1.54, 1.807) is 0 Å². The van der Waals surface area contributed by atoms with E-state index >= 15 is 0 Å². The van der Waals surface area contributed by atoms with Gasteiger partial charge in [-0.15, -0.1) is 0 Å². The van der Waals surface area contributed by atoms with Crippen molar-refractivity contribution < 1.29 is 4.74 Å². The molecule has 0 aromatic rings. The average molecular weight is 252 g/mol. The highest BCUT2D eigenvalue weighted by Crippen LogP contribution is 2.21. The lowest BCUT2D eigenvalue weighted by atomic mass is 9.89. The molecule has 0 radical (unpaired) electrons. The normalized spacial score (nSPS) is 16.9. The van der Waals surface area contributed by atoms with E-state index < -0.39 is 0 Å². The largest absolute Gasteiger partial charge is 0.377 e. The molecule has 0 bridgehead atoms. The number of rotatable bonds is 9. The molecule has 0 unspecified atom stereocenters. The van der Waals surface area contributed by atoms with E-state index in [2.05, 4.69) is 11.4 Å². The first-order valence-electron chi connectivity index (χ1n) is 7.38. The van der Waals surface area contributed by atoms with Crippen LogP contribution in [0.15, 0.2) is 0 Å². The number of hydrogen-bond acceptors (Lipinski definition) is 3. The molecular weight excluding hydrogens is 224 g/mol. The summed E-state index contributed by atoms with van der Waals surface area (Å²) in [5.41, 5.74) is -0.161. The van der Waals surface area contributed by atoms with E-state index in [1.165, 1.54) is 25.7 Å². The molecule has 3 nitrogen and oxygen atoms in total. The van der Waals surface area contributed by atoms with Crippen LogP contribution in [0.2, 0.25) is 0 Å². The highest BCUT2D eigenvalue weighted by atomic mass is 16.5. The third-order valence-electron chi connectivity index (χ3n) is 3.64. The second-order valence-electron chi connectivity index (χ2n) is 5.98. The Labute approximate surface area is 112 Å². The minimum Gasteiger partial charge on any atom is -0.377 e. The summed E-state index contributed by atoms with van der Waals surface area (Å²) < 4.78 is 5.78. The summed E-state index contributed by atoms with van der Waals surface area (Å²) in [5.74, 6) is 0. The molecular formula is C15H28N2O. The minimum atomic E-state index is -0.161. The summed E-state index contributed by atoms with van der Waals surface area (Å²) in [4.78, 5) is 0. The van der Waals surface area contributed by atoms with E-state index in [9.17, 15) is 0 Å². The molecule has 1 N–H and O–H groups in total. The maximum Gasteiger partial charge on any atom is 0.0683 e. The first-order valence-corrected chi connectivity index (χ1v) is 7.38. The molecule has 0 aromatic carbocycles. The van der Waals surface area contributed by atoms with Crippen molar-refractivity contribution in [2.45, 2.75) is 64.9 Å². The molecule has 0 saturated heterocycles. The molecule has 0 aromatic heterocycles. The van der Waals surface area contributed by atoms with Gasteiger partial charge < -0.3 is 10.1 Å². The maximum absolute atomic E-state index is 8.89. The van der Waals surface area contributed by atoms with Crippen molar-refractivity contribution in [1.29, 1.82) is 5.26 Å². The topological polar surface area (TPSA) is 45.0 Å². The van der Waals surface area contributed by atoms with Gasteiger partial charge in [-0.2, -0.15) is 5.26 Å². The first kappa shape index (κ1) is 15.5. The third-order valence-corrected chi connectivity index (χ3v) is 3.64. The Kier molecular flexibility index (Phi) is 7.31. The molecule has 0 spiro atoms. The molecule has 1 aliphatic carbocycles. The molecule has 18 heavy (non-hydrogen) atoms. The monoisotopic (exact) mass is 252 g/mol. The number of nitriles is 1. The maximum atomic E-state index is 8.89. The lowest BCUT2D eigenvalue weighted by Gasteiger charge is -2.14. The Hall–Kier alpha value is -0.590. The quantitative estimate of drug-likeness (QED) is 0.641. The van der Waals surface area contributed by atoms with E-state index in [0.717, 1.165) is 39.0 Å². The average Bonchev–Trinajstić information content (AvgIpc) is 2.85. The van der Waals surface area contributed by atoms with Crippen LogP contribution >= 0.6 is 0 Å². The number of ether oxygens (including phenoxy) is 1. The van der Waals surface area contributed by atoms with E-state index in [0.29, 0.717) is 6.10 Å². The number of nitrogens with zero attached hydrogens (tertiary/aromatic N) is 1. The van der Waals surface area contributed by atoms with Gasteiger partial charge in [0, 0.05) is 6.54 Å². The Balaban J connectivity index is 1.83. The van der Waals surface area contributed by atoms with Gasteiger partial charge in [-0.05, 0) is 46.1 Å². The van der Waals surface area contributed by atoms with Crippen LogP contribution in [0.4, 0.5) is 0 Å². The first-order chi connectivity index (χ1) is 8.64. The zero-order valence-electron chi connectivity index (χ0n) is 12.0. The van der Waals surface area contributed by atoms with Crippen LogP contribution in [0.25, 0.3) is 0 Å². The molecule has 0 heterocycles. The van der Waals surface area contributed by atoms with E-state index in [-0.39, 0.29) is 5.41 Å². The van der Waals surface area contributed by atoms with Crippen LogP contribution in [0.3, 0.4) is 0 Å². The van der Waals surface area contributed by atoms with Gasteiger partial charge in [0.05, 0.1) is 24.2 Å². The standard InChI is InChI=1S/C15H28N2O/c1-15(2,13-16)9-5-6-10-17-11-12-18-14-7-3-4-8-14/h14,17H,3-12H2,1-2H3. The number of nitrogens with one attached hydrogen (secondary N) is 1. The zero-order valence-corrected chi connectivity index (χ0v) is 12.0. The van der Waals surface area contributed by atoms with Crippen molar-refractivity contribution in [1.82, 2.24) is 5.32 Å². The Morgan fingerprint density at radius 3 is 2.61 bits per heavy atom. The summed E-state index contributed by atoms with van der Waals surface area (Å²) in [6, 6.07) is 2.34. The molecule has 0 atom stereocenters. The summed E-state index contributed by atoms with van der Waals surface area (Å²) in [6.07, 6.45) is 8.98. The van der Waals surface area contributed by atoms with Crippen LogP contribution in [0, 0.1) is 16.7 Å². The van der Waals surface area contributed by atoms with Gasteiger partial charge in [0.25, 0.3) is 0 Å². The molecule has 3 heteroatoms. The lowest BCUT2D eigenvalue weighted by molar-refractivity contribution is 0.0604. The van der Waals surface area contributed by atoms with Crippen molar-refractivity contribution in [3.63, 3.8) is 0 Å². The van der Waals surface area contributed by atoms with Crippen molar-refractivity contribution >= 4 is 0 Å². The summed E-state index contributed by atoms with van der Waals surface area (Å²) in [7, 11) is 0. The van der Waals surface area contributed by atoms with E-state index in [4.69, 9.17) is 10.00 Å². The highest BCUT2D eigenvalue weighted by molar-refractivity contribution is 4.91. The fraction of sp³-hybridized carbons (Fsp3) is 0.933. The molecule has 0 aliphatic heterocycles. The van der Waals surface area contributed by atoms with Crippen LogP contribution in [-0.4, -0.2) is 25.8 Å². The molecule has 1 rings (SSSR count). The Bertz CT molecular complexity index is 252. The zero-order chi connectivity index (χ0) is 13.3.